The molecule has 0 aliphatic rings. The van der Waals surface area contributed by atoms with Crippen molar-refractivity contribution in [1.82, 2.24) is 0 Å². The number of carboxylic acids is 1. The number of hydrogen-bond acceptors (Lipinski definition) is 4. The summed E-state index contributed by atoms with van der Waals surface area (Å²) in [5.41, 5.74) is 4.70. The summed E-state index contributed by atoms with van der Waals surface area (Å²) in [6, 6.07) is -1.18. The van der Waals surface area contributed by atoms with Gasteiger partial charge in [0, 0.05) is 0 Å². The van der Waals surface area contributed by atoms with Crippen molar-refractivity contribution in [2.24, 2.45) is 5.73 Å². The van der Waals surface area contributed by atoms with Crippen molar-refractivity contribution in [2.45, 2.75) is 51.7 Å². The van der Waals surface area contributed by atoms with Crippen molar-refractivity contribution in [2.75, 3.05) is 0 Å². The Morgan fingerprint density at radius 3 is 2.20 bits per heavy atom. The van der Waals surface area contributed by atoms with E-state index in [1.54, 1.807) is 0 Å². The molecule has 0 aliphatic heterocycles. The Balaban J connectivity index is 4.19. The van der Waals surface area contributed by atoms with Gasteiger partial charge in [-0.15, -0.1) is 0 Å². The largest absolute Gasteiger partial charge is 0.480 e. The summed E-state index contributed by atoms with van der Waals surface area (Å²) in [4.78, 5) is 21.7. The highest BCUT2D eigenvalue weighted by Gasteiger charge is 2.26. The Morgan fingerprint density at radius 2 is 1.87 bits per heavy atom. The molecule has 0 radical (unpaired) electrons. The predicted molar refractivity (Wildman–Crippen MR) is 55.3 cm³/mol. The molecule has 3 N–H and O–H groups in total. The van der Waals surface area contributed by atoms with Crippen molar-refractivity contribution >= 4 is 11.9 Å². The van der Waals surface area contributed by atoms with E-state index in [-0.39, 0.29) is 6.42 Å². The van der Waals surface area contributed by atoms with Crippen LogP contribution < -0.4 is 5.73 Å². The van der Waals surface area contributed by atoms with E-state index in [0.717, 1.165) is 0 Å². The second kappa shape index (κ2) is 5.70. The molecule has 0 fully saturated rings. The number of carbonyl (C=O) groups excluding carboxylic acids is 1. The highest BCUT2D eigenvalue weighted by molar-refractivity contribution is 5.81. The summed E-state index contributed by atoms with van der Waals surface area (Å²) in [7, 11) is 0. The summed E-state index contributed by atoms with van der Waals surface area (Å²) in [6.45, 7) is 5.64. The Kier molecular flexibility index (Phi) is 5.28. The zero-order valence-electron chi connectivity index (χ0n) is 9.45. The maximum Gasteiger partial charge on any atom is 0.321 e. The summed E-state index contributed by atoms with van der Waals surface area (Å²) in [5.74, 6) is -1.75. The smallest absolute Gasteiger partial charge is 0.321 e. The highest BCUT2D eigenvalue weighted by Crippen LogP contribution is 2.20. The Hall–Kier alpha value is -1.10. The van der Waals surface area contributed by atoms with Gasteiger partial charge in [-0.25, -0.2) is 0 Å². The molecule has 0 unspecified atom stereocenters. The minimum Gasteiger partial charge on any atom is -0.480 e. The Bertz CT molecular complexity index is 236. The third-order valence-corrected chi connectivity index (χ3v) is 2.56. The Morgan fingerprint density at radius 1 is 1.40 bits per heavy atom. The second-order valence-corrected chi connectivity index (χ2v) is 3.78. The molecule has 0 bridgehead atoms. The molecule has 88 valence electrons. The fraction of sp³-hybridized carbons (Fsp3) is 0.800. The van der Waals surface area contributed by atoms with Crippen molar-refractivity contribution in [3.63, 3.8) is 0 Å². The lowest BCUT2D eigenvalue weighted by Crippen LogP contribution is -2.37. The number of esters is 1. The summed E-state index contributed by atoms with van der Waals surface area (Å²) >= 11 is 0. The van der Waals surface area contributed by atoms with E-state index in [9.17, 15) is 9.59 Å². The van der Waals surface area contributed by atoms with E-state index in [1.807, 2.05) is 20.8 Å². The molecular weight excluding hydrogens is 198 g/mol. The van der Waals surface area contributed by atoms with Crippen LogP contribution >= 0.6 is 0 Å². The average molecular weight is 217 g/mol. The van der Waals surface area contributed by atoms with E-state index in [2.05, 4.69) is 0 Å². The molecule has 0 amide bonds. The Labute approximate surface area is 89.6 Å². The van der Waals surface area contributed by atoms with Crippen LogP contribution in [0, 0.1) is 0 Å². The van der Waals surface area contributed by atoms with Crippen LogP contribution in [0.4, 0.5) is 0 Å². The third kappa shape index (κ3) is 4.78. The van der Waals surface area contributed by atoms with Crippen molar-refractivity contribution in [1.29, 1.82) is 0 Å². The molecule has 0 rings (SSSR count). The maximum atomic E-state index is 11.3. The van der Waals surface area contributed by atoms with Gasteiger partial charge in [0.15, 0.2) is 0 Å². The first-order chi connectivity index (χ1) is 6.84. The van der Waals surface area contributed by atoms with Gasteiger partial charge in [0.25, 0.3) is 0 Å². The maximum absolute atomic E-state index is 11.3. The van der Waals surface area contributed by atoms with Crippen LogP contribution in [0.15, 0.2) is 0 Å². The van der Waals surface area contributed by atoms with Gasteiger partial charge in [0.1, 0.15) is 11.6 Å². The van der Waals surface area contributed by atoms with Gasteiger partial charge in [-0.2, -0.15) is 0 Å². The lowest BCUT2D eigenvalue weighted by molar-refractivity contribution is -0.161. The van der Waals surface area contributed by atoms with Crippen LogP contribution in [0.3, 0.4) is 0 Å². The molecular formula is C10H19NO4. The van der Waals surface area contributed by atoms with Gasteiger partial charge in [-0.1, -0.05) is 13.8 Å². The molecule has 0 saturated carbocycles. The first-order valence-corrected chi connectivity index (χ1v) is 5.05. The van der Waals surface area contributed by atoms with Crippen molar-refractivity contribution in [3.8, 4) is 0 Å². The van der Waals surface area contributed by atoms with Crippen LogP contribution in [-0.4, -0.2) is 28.7 Å². The monoisotopic (exact) mass is 217 g/mol. The second-order valence-electron chi connectivity index (χ2n) is 3.78. The number of ether oxygens (including phenoxy) is 1. The van der Waals surface area contributed by atoms with E-state index < -0.39 is 23.6 Å². The molecule has 0 spiro atoms. The minimum absolute atomic E-state index is 0.287. The first kappa shape index (κ1) is 13.9. The first-order valence-electron chi connectivity index (χ1n) is 5.05. The van der Waals surface area contributed by atoms with Gasteiger partial charge >= 0.3 is 11.9 Å². The average Bonchev–Trinajstić information content (AvgIpc) is 2.17. The molecule has 5 heteroatoms. The number of carboxylic acid groups (broad SMARTS) is 1. The molecule has 0 aromatic rings. The normalized spacial score (nSPS) is 13.3. The zero-order valence-corrected chi connectivity index (χ0v) is 9.45. The SMILES string of the molecule is CCC(C)(CC)OC(=O)C[C@H](N)C(=O)O. The van der Waals surface area contributed by atoms with E-state index >= 15 is 0 Å². The number of hydrogen-bond donors (Lipinski definition) is 2. The van der Waals surface area contributed by atoms with Crippen LogP contribution in [0.25, 0.3) is 0 Å². The summed E-state index contributed by atoms with van der Waals surface area (Å²) < 4.78 is 5.17. The predicted octanol–water partition coefficient (Wildman–Crippen LogP) is 0.910. The molecule has 5 nitrogen and oxygen atoms in total. The lowest BCUT2D eigenvalue weighted by Gasteiger charge is -2.27. The molecule has 0 aromatic carbocycles. The molecule has 0 aliphatic carbocycles. The number of aliphatic carboxylic acids is 1. The van der Waals surface area contributed by atoms with E-state index in [1.165, 1.54) is 0 Å². The molecule has 1 atom stereocenters. The van der Waals surface area contributed by atoms with E-state index in [4.69, 9.17) is 15.6 Å². The van der Waals surface area contributed by atoms with Gasteiger partial charge in [0.05, 0.1) is 6.42 Å². The molecule has 0 aromatic heterocycles. The van der Waals surface area contributed by atoms with Crippen LogP contribution in [0.1, 0.15) is 40.0 Å². The standard InChI is InChI=1S/C10H19NO4/c1-4-10(3,5-2)15-8(12)6-7(11)9(13)14/h7H,4-6,11H2,1-3H3,(H,13,14)/t7-/m0/s1. The molecule has 0 heterocycles. The van der Waals surface area contributed by atoms with Gasteiger partial charge in [-0.05, 0) is 19.8 Å². The number of carbonyl (C=O) groups is 2. The van der Waals surface area contributed by atoms with Crippen molar-refractivity contribution < 1.29 is 19.4 Å². The van der Waals surface area contributed by atoms with Crippen LogP contribution in [-0.2, 0) is 14.3 Å². The molecule has 15 heavy (non-hydrogen) atoms. The zero-order chi connectivity index (χ0) is 12.1. The van der Waals surface area contributed by atoms with Gasteiger partial charge in [0.2, 0.25) is 0 Å². The fourth-order valence-corrected chi connectivity index (χ4v) is 0.978. The topological polar surface area (TPSA) is 89.6 Å². The highest BCUT2D eigenvalue weighted by atomic mass is 16.6. The quantitative estimate of drug-likeness (QED) is 0.645. The van der Waals surface area contributed by atoms with Crippen molar-refractivity contribution in [3.05, 3.63) is 0 Å². The summed E-state index contributed by atoms with van der Waals surface area (Å²) in [6.07, 6.45) is 1.10. The molecule has 0 saturated heterocycles. The van der Waals surface area contributed by atoms with Crippen LogP contribution in [0.5, 0.6) is 0 Å². The third-order valence-electron chi connectivity index (χ3n) is 2.56. The number of nitrogens with two attached hydrogens (primary N) is 1. The summed E-state index contributed by atoms with van der Waals surface area (Å²) in [5, 5.41) is 8.51. The minimum atomic E-state index is -1.19. The van der Waals surface area contributed by atoms with Crippen LogP contribution in [0.2, 0.25) is 0 Å². The van der Waals surface area contributed by atoms with Gasteiger partial charge < -0.3 is 15.6 Å². The van der Waals surface area contributed by atoms with E-state index in [0.29, 0.717) is 12.8 Å². The lowest BCUT2D eigenvalue weighted by atomic mass is 10.00. The van der Waals surface area contributed by atoms with Gasteiger partial charge in [-0.3, -0.25) is 9.59 Å². The number of rotatable bonds is 6. The fourth-order valence-electron chi connectivity index (χ4n) is 0.978.